The third-order valence-corrected chi connectivity index (χ3v) is 12.3. The molecule has 0 N–H and O–H groups in total. The lowest BCUT2D eigenvalue weighted by molar-refractivity contribution is 1.30. The van der Waals surface area contributed by atoms with Gasteiger partial charge >= 0.3 is 0 Å². The van der Waals surface area contributed by atoms with Crippen LogP contribution in [-0.2, 0) is 0 Å². The van der Waals surface area contributed by atoms with E-state index in [1.54, 1.807) is 0 Å². The Morgan fingerprint density at radius 3 is 1.47 bits per heavy atom. The van der Waals surface area contributed by atoms with E-state index in [2.05, 4.69) is 214 Å². The van der Waals surface area contributed by atoms with Crippen LogP contribution < -0.4 is 4.90 Å². The molecule has 0 aliphatic carbocycles. The maximum absolute atomic E-state index is 2.53. The first-order valence-corrected chi connectivity index (χ1v) is 19.7. The molecule has 4 heterocycles. The first kappa shape index (κ1) is 30.7. The van der Waals surface area contributed by atoms with Crippen molar-refractivity contribution in [1.82, 2.24) is 8.80 Å². The zero-order valence-corrected chi connectivity index (χ0v) is 30.9. The summed E-state index contributed by atoms with van der Waals surface area (Å²) in [5.74, 6) is 0. The van der Waals surface area contributed by atoms with Crippen LogP contribution in [-0.4, -0.2) is 8.80 Å². The van der Waals surface area contributed by atoms with Crippen LogP contribution in [0.4, 0.5) is 17.1 Å². The molecular weight excluding hydrogens is 691 g/mol. The second-order valence-corrected chi connectivity index (χ2v) is 15.3. The highest BCUT2D eigenvalue weighted by Gasteiger charge is 2.27. The predicted molar refractivity (Wildman–Crippen MR) is 241 cm³/mol. The van der Waals surface area contributed by atoms with E-state index in [4.69, 9.17) is 0 Å². The summed E-state index contributed by atoms with van der Waals surface area (Å²) in [7, 11) is 0. The van der Waals surface area contributed by atoms with Gasteiger partial charge in [-0.1, -0.05) is 127 Å². The van der Waals surface area contributed by atoms with Crippen LogP contribution in [0.2, 0.25) is 0 Å². The SMILES string of the molecule is c1ccc(-c2ccc3c(c2)c2cc(-c4ccccc4)cc4c5c6c7ccc(N(c8ccccc8)c8ccccc8)c8c9ccccc9n(c6ccc5n3c24)c78)cc1. The van der Waals surface area contributed by atoms with Gasteiger partial charge in [-0.05, 0) is 95.1 Å². The minimum absolute atomic E-state index is 1.13. The van der Waals surface area contributed by atoms with E-state index in [0.29, 0.717) is 0 Å². The molecule has 0 bridgehead atoms. The van der Waals surface area contributed by atoms with Gasteiger partial charge in [0.15, 0.2) is 0 Å². The molecule has 3 heteroatoms. The van der Waals surface area contributed by atoms with Gasteiger partial charge in [0.1, 0.15) is 0 Å². The molecule has 0 fully saturated rings. The van der Waals surface area contributed by atoms with Crippen LogP contribution in [0.3, 0.4) is 0 Å². The van der Waals surface area contributed by atoms with Gasteiger partial charge in [0.05, 0.1) is 38.8 Å². The highest BCUT2D eigenvalue weighted by atomic mass is 15.1. The number of para-hydroxylation sites is 3. The fraction of sp³-hybridized carbons (Fsp3) is 0. The molecule has 13 aromatic rings. The second-order valence-electron chi connectivity index (χ2n) is 15.3. The molecule has 3 nitrogen and oxygen atoms in total. The fourth-order valence-electron chi connectivity index (χ4n) is 9.99. The quantitative estimate of drug-likeness (QED) is 0.172. The number of hydrogen-bond donors (Lipinski definition) is 0. The van der Waals surface area contributed by atoms with Crippen molar-refractivity contribution in [3.05, 3.63) is 200 Å². The van der Waals surface area contributed by atoms with E-state index >= 15 is 0 Å². The first-order valence-electron chi connectivity index (χ1n) is 19.7. The summed E-state index contributed by atoms with van der Waals surface area (Å²) >= 11 is 0. The maximum atomic E-state index is 2.53. The zero-order chi connectivity index (χ0) is 37.2. The number of anilines is 3. The Balaban J connectivity index is 1.19. The lowest BCUT2D eigenvalue weighted by atomic mass is 9.96. The largest absolute Gasteiger partial charge is 0.310 e. The molecule has 9 aromatic carbocycles. The zero-order valence-electron chi connectivity index (χ0n) is 30.9. The van der Waals surface area contributed by atoms with E-state index in [0.717, 1.165) is 11.4 Å². The summed E-state index contributed by atoms with van der Waals surface area (Å²) in [6.45, 7) is 0. The molecular formula is C54H33N3. The van der Waals surface area contributed by atoms with Gasteiger partial charge in [0.2, 0.25) is 0 Å². The summed E-state index contributed by atoms with van der Waals surface area (Å²) in [6, 6.07) is 73.4. The number of aromatic nitrogens is 2. The van der Waals surface area contributed by atoms with E-state index in [1.165, 1.54) is 104 Å². The fourth-order valence-corrected chi connectivity index (χ4v) is 9.99. The average molecular weight is 724 g/mol. The lowest BCUT2D eigenvalue weighted by Crippen LogP contribution is -2.10. The van der Waals surface area contributed by atoms with Crippen LogP contribution >= 0.6 is 0 Å². The first-order chi connectivity index (χ1) is 28.3. The molecule has 0 saturated carbocycles. The third kappa shape index (κ3) is 4.15. The Labute approximate surface area is 328 Å². The van der Waals surface area contributed by atoms with Gasteiger partial charge in [-0.15, -0.1) is 0 Å². The Bertz CT molecular complexity index is 3620. The summed E-state index contributed by atoms with van der Waals surface area (Å²) < 4.78 is 5.06. The summed E-state index contributed by atoms with van der Waals surface area (Å²) in [5.41, 5.74) is 15.8. The number of benzene rings is 9. The van der Waals surface area contributed by atoms with Gasteiger partial charge in [0, 0.05) is 54.5 Å². The van der Waals surface area contributed by atoms with E-state index in [9.17, 15) is 0 Å². The molecule has 264 valence electrons. The van der Waals surface area contributed by atoms with E-state index in [-0.39, 0.29) is 0 Å². The van der Waals surface area contributed by atoms with Crippen molar-refractivity contribution in [3.63, 3.8) is 0 Å². The minimum atomic E-state index is 1.13. The van der Waals surface area contributed by atoms with Gasteiger partial charge in [-0.25, -0.2) is 0 Å². The lowest BCUT2D eigenvalue weighted by Gasteiger charge is -2.26. The molecule has 57 heavy (non-hydrogen) atoms. The van der Waals surface area contributed by atoms with Crippen LogP contribution in [0.5, 0.6) is 0 Å². The highest BCUT2D eigenvalue weighted by Crippen LogP contribution is 2.51. The predicted octanol–water partition coefficient (Wildman–Crippen LogP) is 14.8. The highest BCUT2D eigenvalue weighted by molar-refractivity contribution is 6.37. The van der Waals surface area contributed by atoms with Gasteiger partial charge in [-0.2, -0.15) is 0 Å². The molecule has 4 aromatic heterocycles. The molecule has 13 rings (SSSR count). The molecule has 0 radical (unpaired) electrons. The average Bonchev–Trinajstić information content (AvgIpc) is 4.01. The van der Waals surface area contributed by atoms with Crippen LogP contribution in [0.1, 0.15) is 0 Å². The van der Waals surface area contributed by atoms with E-state index in [1.807, 2.05) is 0 Å². The monoisotopic (exact) mass is 723 g/mol. The van der Waals surface area contributed by atoms with Crippen molar-refractivity contribution < 1.29 is 0 Å². The molecule has 0 saturated heterocycles. The van der Waals surface area contributed by atoms with Crippen molar-refractivity contribution in [2.45, 2.75) is 0 Å². The summed E-state index contributed by atoms with van der Waals surface area (Å²) in [4.78, 5) is 2.41. The Hall–Kier alpha value is -7.62. The number of hydrogen-bond acceptors (Lipinski definition) is 1. The molecule has 0 aliphatic heterocycles. The Morgan fingerprint density at radius 2 is 0.789 bits per heavy atom. The van der Waals surface area contributed by atoms with Crippen LogP contribution in [0, 0.1) is 0 Å². The van der Waals surface area contributed by atoms with Crippen molar-refractivity contribution in [1.29, 1.82) is 0 Å². The Kier molecular flexibility index (Phi) is 6.16. The molecule has 0 amide bonds. The van der Waals surface area contributed by atoms with E-state index < -0.39 is 0 Å². The smallest absolute Gasteiger partial charge is 0.0641 e. The van der Waals surface area contributed by atoms with Crippen molar-refractivity contribution in [2.24, 2.45) is 0 Å². The molecule has 0 unspecified atom stereocenters. The van der Waals surface area contributed by atoms with Crippen molar-refractivity contribution >= 4 is 93.3 Å². The number of nitrogens with zero attached hydrogens (tertiary/aromatic N) is 3. The Morgan fingerprint density at radius 1 is 0.281 bits per heavy atom. The standard InChI is InChI=1S/C54H33N3/c1-5-15-34(16-6-1)36-25-27-46-42(31-36)43-32-37(35-17-7-2-8-18-35)33-44-51-48(56(46)53(43)44)30-29-47-50(51)41-26-28-49(52-40-23-13-14-24-45(40)57(47)54(41)52)55(38-19-9-3-10-20-38)39-21-11-4-12-22-39/h1-33H. The van der Waals surface area contributed by atoms with Gasteiger partial charge < -0.3 is 13.7 Å². The van der Waals surface area contributed by atoms with Gasteiger partial charge in [-0.3, -0.25) is 0 Å². The minimum Gasteiger partial charge on any atom is -0.310 e. The van der Waals surface area contributed by atoms with Gasteiger partial charge in [0.25, 0.3) is 0 Å². The van der Waals surface area contributed by atoms with Crippen molar-refractivity contribution in [3.8, 4) is 22.3 Å². The topological polar surface area (TPSA) is 12.1 Å². The third-order valence-electron chi connectivity index (χ3n) is 12.3. The van der Waals surface area contributed by atoms with Crippen LogP contribution in [0.15, 0.2) is 200 Å². The normalized spacial score (nSPS) is 12.2. The summed E-state index contributed by atoms with van der Waals surface area (Å²) in [6.07, 6.45) is 0. The maximum Gasteiger partial charge on any atom is 0.0641 e. The molecule has 0 spiro atoms. The van der Waals surface area contributed by atoms with Crippen LogP contribution in [0.25, 0.3) is 98.4 Å². The van der Waals surface area contributed by atoms with Crippen molar-refractivity contribution in [2.75, 3.05) is 4.90 Å². The number of fused-ring (bicyclic) bond motifs is 13. The molecule has 0 aliphatic rings. The molecule has 0 atom stereocenters. The second kappa shape index (κ2) is 11.5. The summed E-state index contributed by atoms with van der Waals surface area (Å²) in [5, 5.41) is 10.3. The number of rotatable bonds is 5.